The van der Waals surface area contributed by atoms with Gasteiger partial charge in [-0.05, 0) is 68.1 Å². The first-order valence-corrected chi connectivity index (χ1v) is 20.3. The fraction of sp³-hybridized carbons (Fsp3) is 0.333. The van der Waals surface area contributed by atoms with Crippen LogP contribution in [0.3, 0.4) is 0 Å². The number of nitrogens with zero attached hydrogens (tertiary/aromatic N) is 5. The van der Waals surface area contributed by atoms with Crippen molar-refractivity contribution in [2.24, 2.45) is 0 Å². The predicted molar refractivity (Wildman–Crippen MR) is 223 cm³/mol. The van der Waals surface area contributed by atoms with Crippen LogP contribution in [0.1, 0.15) is 51.4 Å². The third kappa shape index (κ3) is 8.64. The third-order valence-corrected chi connectivity index (χ3v) is 11.7. The minimum Gasteiger partial charge on any atom is -0.488 e. The first-order chi connectivity index (χ1) is 29.0. The summed E-state index contributed by atoms with van der Waals surface area (Å²) in [5.74, 6) is 0.680. The quantitative estimate of drug-likeness (QED) is 0.0710. The number of hydrogen-bond acceptors (Lipinski definition) is 13. The summed E-state index contributed by atoms with van der Waals surface area (Å²) in [5, 5.41) is 19.1. The maximum absolute atomic E-state index is 13.4. The van der Waals surface area contributed by atoms with E-state index in [1.165, 1.54) is 49.1 Å². The largest absolute Gasteiger partial charge is 0.488 e. The lowest BCUT2D eigenvalue weighted by Crippen LogP contribution is -2.32. The number of rotatable bonds is 9. The Hall–Kier alpha value is -5.68. The average molecular weight is 860 g/mol. The fourth-order valence-corrected chi connectivity index (χ4v) is 8.66. The first-order valence-electron chi connectivity index (χ1n) is 19.6. The number of nitrogens with two attached hydrogens (primary N) is 1. The summed E-state index contributed by atoms with van der Waals surface area (Å²) in [6.07, 6.45) is 11.1. The van der Waals surface area contributed by atoms with Gasteiger partial charge in [-0.15, -0.1) is 0 Å². The van der Waals surface area contributed by atoms with Crippen LogP contribution in [0.5, 0.6) is 11.5 Å². The number of nitrogen functional groups attached to an aromatic ring is 1. The molecule has 4 N–H and O–H groups in total. The maximum atomic E-state index is 13.4. The zero-order valence-corrected chi connectivity index (χ0v) is 33.3. The van der Waals surface area contributed by atoms with Crippen LogP contribution in [0.2, 0.25) is 10.0 Å². The lowest BCUT2D eigenvalue weighted by molar-refractivity contribution is -0.386. The second-order valence-corrected chi connectivity index (χ2v) is 16.1. The maximum Gasteiger partial charge on any atom is 0.311 e. The number of anilines is 5. The van der Waals surface area contributed by atoms with Crippen LogP contribution in [0.4, 0.5) is 43.2 Å². The van der Waals surface area contributed by atoms with Crippen molar-refractivity contribution in [3.05, 3.63) is 105 Å². The summed E-state index contributed by atoms with van der Waals surface area (Å²) >= 11 is 11.7. The van der Waals surface area contributed by atoms with Gasteiger partial charge in [-0.25, -0.2) is 28.7 Å². The molecule has 10 rings (SSSR count). The Balaban J connectivity index is 0.000000154. The van der Waals surface area contributed by atoms with Gasteiger partial charge in [0.2, 0.25) is 0 Å². The molecule has 4 atom stereocenters. The van der Waals surface area contributed by atoms with E-state index in [0.29, 0.717) is 75.9 Å². The van der Waals surface area contributed by atoms with Crippen LogP contribution < -0.4 is 25.8 Å². The first kappa shape index (κ1) is 39.8. The number of aromatic nitrogens is 4. The number of nitro groups is 1. The Bertz CT molecular complexity index is 2590. The lowest BCUT2D eigenvalue weighted by Gasteiger charge is -2.29. The minimum absolute atomic E-state index is 0.0361. The van der Waals surface area contributed by atoms with E-state index in [2.05, 4.69) is 30.6 Å². The molecule has 6 aromatic rings. The Morgan fingerprint density at radius 1 is 0.667 bits per heavy atom. The molecule has 0 spiro atoms. The molecule has 6 heterocycles. The summed E-state index contributed by atoms with van der Waals surface area (Å²) in [4.78, 5) is 28.4. The molecular formula is C42H38Cl2F2N8O6. The smallest absolute Gasteiger partial charge is 0.311 e. The van der Waals surface area contributed by atoms with Crippen LogP contribution in [0.15, 0.2) is 73.3 Å². The van der Waals surface area contributed by atoms with E-state index in [0.717, 1.165) is 43.9 Å². The molecule has 4 fully saturated rings. The fourth-order valence-electron chi connectivity index (χ4n) is 8.30. The number of hydrogen-bond donors (Lipinski definition) is 3. The molecule has 60 heavy (non-hydrogen) atoms. The van der Waals surface area contributed by atoms with Crippen LogP contribution >= 0.6 is 23.2 Å². The lowest BCUT2D eigenvalue weighted by atomic mass is 10.1. The Morgan fingerprint density at radius 2 is 1.12 bits per heavy atom. The number of halogens is 4. The summed E-state index contributed by atoms with van der Waals surface area (Å²) in [7, 11) is 0. The normalized spacial score (nSPS) is 22.9. The summed E-state index contributed by atoms with van der Waals surface area (Å²) in [6, 6.07) is 15.1. The highest BCUT2D eigenvalue weighted by Crippen LogP contribution is 2.40. The molecule has 18 heteroatoms. The molecule has 0 radical (unpaired) electrons. The molecule has 4 unspecified atom stereocenters. The van der Waals surface area contributed by atoms with Gasteiger partial charge in [-0.1, -0.05) is 23.2 Å². The van der Waals surface area contributed by atoms with Gasteiger partial charge in [-0.3, -0.25) is 10.1 Å². The predicted octanol–water partition coefficient (Wildman–Crippen LogP) is 10.00. The van der Waals surface area contributed by atoms with Gasteiger partial charge in [0.1, 0.15) is 53.9 Å². The average Bonchev–Trinajstić information content (AvgIpc) is 3.76. The van der Waals surface area contributed by atoms with Crippen molar-refractivity contribution >= 4 is 79.4 Å². The van der Waals surface area contributed by atoms with Gasteiger partial charge >= 0.3 is 5.69 Å². The highest BCUT2D eigenvalue weighted by Gasteiger charge is 2.38. The minimum atomic E-state index is -0.543. The van der Waals surface area contributed by atoms with Crippen molar-refractivity contribution in [2.45, 2.75) is 88.0 Å². The van der Waals surface area contributed by atoms with Crippen LogP contribution in [0.25, 0.3) is 21.8 Å². The van der Waals surface area contributed by atoms with Crippen molar-refractivity contribution in [1.29, 1.82) is 0 Å². The highest BCUT2D eigenvalue weighted by molar-refractivity contribution is 6.31. The summed E-state index contributed by atoms with van der Waals surface area (Å²) in [6.45, 7) is 0. The molecule has 4 aromatic carbocycles. The number of ether oxygens (including phenoxy) is 4. The molecule has 0 amide bonds. The van der Waals surface area contributed by atoms with E-state index in [4.69, 9.17) is 47.9 Å². The van der Waals surface area contributed by atoms with Gasteiger partial charge < -0.3 is 35.3 Å². The number of fused-ring (bicyclic) bond motifs is 6. The highest BCUT2D eigenvalue weighted by atomic mass is 35.5. The second-order valence-electron chi connectivity index (χ2n) is 15.3. The molecule has 4 aliphatic rings. The number of nitrogens with one attached hydrogen (secondary N) is 2. The number of nitro benzene ring substituents is 1. The van der Waals surface area contributed by atoms with Crippen LogP contribution in [-0.4, -0.2) is 61.5 Å². The van der Waals surface area contributed by atoms with Crippen molar-refractivity contribution < 1.29 is 32.7 Å². The Kier molecular flexibility index (Phi) is 11.1. The van der Waals surface area contributed by atoms with Gasteiger partial charge in [0.15, 0.2) is 5.75 Å². The van der Waals surface area contributed by atoms with E-state index < -0.39 is 16.6 Å². The molecule has 4 bridgehead atoms. The van der Waals surface area contributed by atoms with Crippen LogP contribution in [-0.2, 0) is 9.47 Å². The third-order valence-electron chi connectivity index (χ3n) is 11.1. The standard InChI is InChI=1S/C21H18ClFN4O4.C21H20ClFN4O2/c22-16-5-11(1-4-17(16)23)26-21-15-8-19(27(28)29)20(9-18(15)24-10-25-21)31-14-6-12-2-3-13(7-14)30-12;22-16-5-11(1-4-17(16)23)27-21-15-8-18(24)20(9-19(15)25-10-26-21)29-14-6-12-2-3-13(7-14)28-12/h1,4-5,8-10,12-14H,2-3,6-7H2,(H,24,25,26);1,4-5,8-10,12-14H,2-3,6-7,24H2,(H,25,26,27). The zero-order chi connectivity index (χ0) is 41.5. The van der Waals surface area contributed by atoms with E-state index in [9.17, 15) is 18.9 Å². The van der Waals surface area contributed by atoms with Crippen molar-refractivity contribution in [3.8, 4) is 11.5 Å². The van der Waals surface area contributed by atoms with Crippen molar-refractivity contribution in [1.82, 2.24) is 19.9 Å². The molecule has 4 aliphatic heterocycles. The van der Waals surface area contributed by atoms with Crippen LogP contribution in [0, 0.1) is 21.7 Å². The van der Waals surface area contributed by atoms with E-state index in [-0.39, 0.29) is 45.9 Å². The van der Waals surface area contributed by atoms with Gasteiger partial charge in [0, 0.05) is 60.6 Å². The zero-order valence-electron chi connectivity index (χ0n) is 31.8. The van der Waals surface area contributed by atoms with Crippen molar-refractivity contribution in [2.75, 3.05) is 16.4 Å². The van der Waals surface area contributed by atoms with Crippen molar-refractivity contribution in [3.63, 3.8) is 0 Å². The van der Waals surface area contributed by atoms with E-state index in [1.807, 2.05) is 6.07 Å². The monoisotopic (exact) mass is 858 g/mol. The van der Waals surface area contributed by atoms with Gasteiger partial charge in [0.25, 0.3) is 0 Å². The molecular weight excluding hydrogens is 821 g/mol. The Labute approximate surface area is 351 Å². The molecule has 14 nitrogen and oxygen atoms in total. The molecule has 0 aliphatic carbocycles. The number of benzene rings is 4. The summed E-state index contributed by atoms with van der Waals surface area (Å²) in [5.41, 5.74) is 8.94. The van der Waals surface area contributed by atoms with Gasteiger partial charge in [-0.2, -0.15) is 0 Å². The second kappa shape index (κ2) is 16.8. The van der Waals surface area contributed by atoms with E-state index >= 15 is 0 Å². The molecule has 0 saturated carbocycles. The summed E-state index contributed by atoms with van der Waals surface area (Å²) < 4.78 is 50.8. The Morgan fingerprint density at radius 3 is 1.58 bits per heavy atom. The SMILES string of the molecule is Nc1cc2c(Nc3ccc(F)c(Cl)c3)ncnc2cc1OC1CC2CCC(C1)O2.O=[N+]([O-])c1cc2c(Nc3ccc(F)c(Cl)c3)ncnc2cc1OC1CC2CCC(C1)O2. The van der Waals surface area contributed by atoms with E-state index in [1.54, 1.807) is 18.2 Å². The topological polar surface area (TPSA) is 182 Å². The van der Waals surface area contributed by atoms with Gasteiger partial charge in [0.05, 0.1) is 61.5 Å². The molecule has 310 valence electrons. The molecule has 2 aromatic heterocycles. The molecule has 4 saturated heterocycles.